The summed E-state index contributed by atoms with van der Waals surface area (Å²) < 4.78 is 4.85. The molecule has 0 atom stereocenters. The standard InChI is InChI=1S/C11H20N2O2.2C2H6/c1-12-5-3-11(4-6-12)8-13(9-11)10(14)7-15-2;2*1-2/h3-9H2,1-2H3;2*1-2H3. The van der Waals surface area contributed by atoms with Gasteiger partial charge in [-0.25, -0.2) is 0 Å². The third-order valence-electron chi connectivity index (χ3n) is 3.72. The van der Waals surface area contributed by atoms with Crippen molar-refractivity contribution in [3.8, 4) is 0 Å². The van der Waals surface area contributed by atoms with Crippen LogP contribution < -0.4 is 0 Å². The van der Waals surface area contributed by atoms with Crippen molar-refractivity contribution in [1.29, 1.82) is 0 Å². The Hall–Kier alpha value is -0.610. The van der Waals surface area contributed by atoms with Gasteiger partial charge in [-0.1, -0.05) is 27.7 Å². The van der Waals surface area contributed by atoms with Crippen molar-refractivity contribution in [1.82, 2.24) is 9.80 Å². The molecule has 1 spiro atoms. The van der Waals surface area contributed by atoms with Crippen molar-refractivity contribution in [3.63, 3.8) is 0 Å². The predicted octanol–water partition coefficient (Wildman–Crippen LogP) is 2.24. The molecule has 2 saturated heterocycles. The number of carbonyl (C=O) groups excluding carboxylic acids is 1. The fraction of sp³-hybridized carbons (Fsp3) is 0.933. The minimum Gasteiger partial charge on any atom is -0.375 e. The number of rotatable bonds is 2. The SMILES string of the molecule is CC.CC.COCC(=O)N1CC2(CCN(C)CC2)C1. The second-order valence-electron chi connectivity index (χ2n) is 4.99. The van der Waals surface area contributed by atoms with E-state index in [1.54, 1.807) is 7.11 Å². The highest BCUT2D eigenvalue weighted by molar-refractivity contribution is 5.78. The summed E-state index contributed by atoms with van der Waals surface area (Å²) in [5, 5.41) is 0. The van der Waals surface area contributed by atoms with Gasteiger partial charge in [0.2, 0.25) is 5.91 Å². The van der Waals surface area contributed by atoms with Gasteiger partial charge in [0.05, 0.1) is 0 Å². The van der Waals surface area contributed by atoms with E-state index in [1.807, 2.05) is 32.6 Å². The fourth-order valence-electron chi connectivity index (χ4n) is 2.56. The van der Waals surface area contributed by atoms with Crippen molar-refractivity contribution in [2.24, 2.45) is 5.41 Å². The van der Waals surface area contributed by atoms with E-state index >= 15 is 0 Å². The third-order valence-corrected chi connectivity index (χ3v) is 3.72. The van der Waals surface area contributed by atoms with Gasteiger partial charge in [-0.3, -0.25) is 4.79 Å². The van der Waals surface area contributed by atoms with E-state index in [0.717, 1.165) is 13.1 Å². The van der Waals surface area contributed by atoms with Gasteiger partial charge < -0.3 is 14.5 Å². The molecule has 0 saturated carbocycles. The van der Waals surface area contributed by atoms with E-state index in [-0.39, 0.29) is 12.5 Å². The molecule has 0 radical (unpaired) electrons. The van der Waals surface area contributed by atoms with Crippen LogP contribution in [0.15, 0.2) is 0 Å². The number of piperidine rings is 1. The summed E-state index contributed by atoms with van der Waals surface area (Å²) in [5.41, 5.74) is 0.440. The molecule has 0 aliphatic carbocycles. The van der Waals surface area contributed by atoms with Crippen LogP contribution in [0.25, 0.3) is 0 Å². The Morgan fingerprint density at radius 3 is 2.00 bits per heavy atom. The highest BCUT2D eigenvalue weighted by Gasteiger charge is 2.45. The van der Waals surface area contributed by atoms with Gasteiger partial charge in [-0.15, -0.1) is 0 Å². The predicted molar refractivity (Wildman–Crippen MR) is 80.3 cm³/mol. The summed E-state index contributed by atoms with van der Waals surface area (Å²) in [6, 6.07) is 0. The number of nitrogens with zero attached hydrogens (tertiary/aromatic N) is 2. The highest BCUT2D eigenvalue weighted by Crippen LogP contribution is 2.39. The summed E-state index contributed by atoms with van der Waals surface area (Å²) in [6.45, 7) is 12.5. The monoisotopic (exact) mass is 272 g/mol. The zero-order valence-electron chi connectivity index (χ0n) is 13.7. The second-order valence-corrected chi connectivity index (χ2v) is 4.99. The first-order valence-corrected chi connectivity index (χ1v) is 7.60. The Bertz CT molecular complexity index is 241. The first-order chi connectivity index (χ1) is 9.15. The van der Waals surface area contributed by atoms with E-state index in [0.29, 0.717) is 5.41 Å². The molecular formula is C15H32N2O2. The molecule has 0 bridgehead atoms. The normalized spacial score (nSPS) is 20.6. The lowest BCUT2D eigenvalue weighted by molar-refractivity contribution is -0.150. The molecule has 4 nitrogen and oxygen atoms in total. The van der Waals surface area contributed by atoms with Crippen molar-refractivity contribution < 1.29 is 9.53 Å². The smallest absolute Gasteiger partial charge is 0.248 e. The molecule has 0 aromatic carbocycles. The zero-order chi connectivity index (χ0) is 14.9. The van der Waals surface area contributed by atoms with Crippen LogP contribution in [0.2, 0.25) is 0 Å². The molecule has 4 heteroatoms. The largest absolute Gasteiger partial charge is 0.375 e. The van der Waals surface area contributed by atoms with Crippen molar-refractivity contribution in [2.75, 3.05) is 46.9 Å². The molecule has 0 aromatic rings. The Kier molecular flexibility index (Phi) is 9.02. The first-order valence-electron chi connectivity index (χ1n) is 7.60. The highest BCUT2D eigenvalue weighted by atomic mass is 16.5. The summed E-state index contributed by atoms with van der Waals surface area (Å²) in [4.78, 5) is 15.8. The lowest BCUT2D eigenvalue weighted by atomic mass is 9.72. The summed E-state index contributed by atoms with van der Waals surface area (Å²) in [6.07, 6.45) is 2.47. The van der Waals surface area contributed by atoms with Crippen LogP contribution in [0.1, 0.15) is 40.5 Å². The van der Waals surface area contributed by atoms with Crippen LogP contribution in [-0.2, 0) is 9.53 Å². The molecule has 2 fully saturated rings. The Morgan fingerprint density at radius 2 is 1.58 bits per heavy atom. The maximum atomic E-state index is 11.5. The van der Waals surface area contributed by atoms with Gasteiger partial charge in [0.25, 0.3) is 0 Å². The van der Waals surface area contributed by atoms with E-state index in [9.17, 15) is 4.79 Å². The number of likely N-dealkylation sites (tertiary alicyclic amines) is 2. The molecule has 19 heavy (non-hydrogen) atoms. The number of hydrogen-bond acceptors (Lipinski definition) is 3. The average molecular weight is 272 g/mol. The third kappa shape index (κ3) is 5.11. The average Bonchev–Trinajstić information content (AvgIpc) is 2.42. The molecule has 2 aliphatic rings. The lowest BCUT2D eigenvalue weighted by Crippen LogP contribution is -2.62. The summed E-state index contributed by atoms with van der Waals surface area (Å²) >= 11 is 0. The number of amides is 1. The summed E-state index contributed by atoms with van der Waals surface area (Å²) in [5.74, 6) is 0.141. The first kappa shape index (κ1) is 18.4. The quantitative estimate of drug-likeness (QED) is 0.773. The number of ether oxygens (including phenoxy) is 1. The Balaban J connectivity index is 0.000000741. The van der Waals surface area contributed by atoms with Crippen LogP contribution in [0.4, 0.5) is 0 Å². The topological polar surface area (TPSA) is 32.8 Å². The lowest BCUT2D eigenvalue weighted by Gasteiger charge is -2.53. The number of carbonyl (C=O) groups is 1. The Labute approximate surface area is 119 Å². The van der Waals surface area contributed by atoms with Gasteiger partial charge in [-0.2, -0.15) is 0 Å². The van der Waals surface area contributed by atoms with Gasteiger partial charge >= 0.3 is 0 Å². The van der Waals surface area contributed by atoms with Gasteiger partial charge in [0.1, 0.15) is 6.61 Å². The summed E-state index contributed by atoms with van der Waals surface area (Å²) in [7, 11) is 3.74. The molecule has 0 unspecified atom stereocenters. The zero-order valence-corrected chi connectivity index (χ0v) is 13.7. The van der Waals surface area contributed by atoms with Crippen molar-refractivity contribution >= 4 is 5.91 Å². The second kappa shape index (κ2) is 9.32. The van der Waals surface area contributed by atoms with Crippen LogP contribution in [-0.4, -0.2) is 62.7 Å². The van der Waals surface area contributed by atoms with Crippen LogP contribution in [0.5, 0.6) is 0 Å². The van der Waals surface area contributed by atoms with Crippen LogP contribution >= 0.6 is 0 Å². The maximum absolute atomic E-state index is 11.5. The molecule has 0 aromatic heterocycles. The molecule has 1 amide bonds. The van der Waals surface area contributed by atoms with E-state index in [1.165, 1.54) is 25.9 Å². The Morgan fingerprint density at radius 1 is 1.11 bits per heavy atom. The van der Waals surface area contributed by atoms with E-state index < -0.39 is 0 Å². The fourth-order valence-corrected chi connectivity index (χ4v) is 2.56. The minimum atomic E-state index is 0.141. The van der Waals surface area contributed by atoms with Crippen LogP contribution in [0, 0.1) is 5.41 Å². The van der Waals surface area contributed by atoms with Gasteiger partial charge in [-0.05, 0) is 33.0 Å². The molecule has 114 valence electrons. The van der Waals surface area contributed by atoms with E-state index in [4.69, 9.17) is 4.74 Å². The van der Waals surface area contributed by atoms with E-state index in [2.05, 4.69) is 11.9 Å². The van der Waals surface area contributed by atoms with Crippen LogP contribution in [0.3, 0.4) is 0 Å². The minimum absolute atomic E-state index is 0.141. The van der Waals surface area contributed by atoms with Gasteiger partial charge in [0, 0.05) is 25.6 Å². The molecule has 2 aliphatic heterocycles. The molecule has 2 rings (SSSR count). The molecular weight excluding hydrogens is 240 g/mol. The van der Waals surface area contributed by atoms with Crippen molar-refractivity contribution in [2.45, 2.75) is 40.5 Å². The number of methoxy groups -OCH3 is 1. The number of hydrogen-bond donors (Lipinski definition) is 0. The van der Waals surface area contributed by atoms with Crippen molar-refractivity contribution in [3.05, 3.63) is 0 Å². The molecule has 2 heterocycles. The van der Waals surface area contributed by atoms with Gasteiger partial charge in [0.15, 0.2) is 0 Å². The maximum Gasteiger partial charge on any atom is 0.248 e. The molecule has 0 N–H and O–H groups in total.